The molecule has 2 fully saturated rings. The molecule has 0 aromatic heterocycles. The number of nitrogens with two attached hydrogens (primary N) is 1. The minimum absolute atomic E-state index is 0.112. The largest absolute Gasteiger partial charge is 0.508 e. The molecule has 13 heteroatoms. The molecule has 1 saturated carbocycles. The second kappa shape index (κ2) is 9.39. The molecule has 7 N–H and O–H groups in total. The van der Waals surface area contributed by atoms with Crippen LogP contribution < -0.4 is 11.1 Å². The van der Waals surface area contributed by atoms with Gasteiger partial charge in [-0.1, -0.05) is 0 Å². The fourth-order valence-electron chi connectivity index (χ4n) is 6.82. The molecule has 0 bridgehead atoms. The van der Waals surface area contributed by atoms with Crippen molar-refractivity contribution in [2.75, 3.05) is 33.0 Å². The number of phenolic OH excluding ortho intramolecular Hbond substituents is 1. The van der Waals surface area contributed by atoms with Crippen molar-refractivity contribution in [1.82, 2.24) is 9.80 Å². The van der Waals surface area contributed by atoms with Crippen LogP contribution in [-0.4, -0.2) is 99.0 Å². The maximum Gasteiger partial charge on any atom is 0.255 e. The number of primary amides is 1. The number of ketones is 2. The maximum atomic E-state index is 15.4. The lowest BCUT2D eigenvalue weighted by molar-refractivity contribution is -0.153. The third-order valence-electron chi connectivity index (χ3n) is 8.75. The normalized spacial score (nSPS) is 30.4. The van der Waals surface area contributed by atoms with Gasteiger partial charge in [0.05, 0.1) is 23.3 Å². The molecule has 1 aliphatic heterocycles. The number of fused-ring (bicyclic) bond motifs is 3. The minimum Gasteiger partial charge on any atom is -0.508 e. The number of nitrogens with zero attached hydrogens (tertiary/aromatic N) is 2. The lowest BCUT2D eigenvalue weighted by atomic mass is 9.57. The Morgan fingerprint density at radius 2 is 1.90 bits per heavy atom. The highest BCUT2D eigenvalue weighted by molar-refractivity contribution is 6.24. The molecule has 0 spiro atoms. The van der Waals surface area contributed by atoms with Crippen LogP contribution >= 0.6 is 0 Å². The van der Waals surface area contributed by atoms with Gasteiger partial charge in [-0.3, -0.25) is 29.0 Å². The number of hydrogen-bond acceptors (Lipinski definition) is 10. The van der Waals surface area contributed by atoms with Crippen LogP contribution in [0.5, 0.6) is 5.75 Å². The number of aliphatic hydroxyl groups excluding tert-OH is 2. The number of anilines is 1. The number of benzene rings is 1. The predicted molar refractivity (Wildman–Crippen MR) is 138 cm³/mol. The monoisotopic (exact) mass is 558 g/mol. The molecule has 12 nitrogen and oxygen atoms in total. The maximum absolute atomic E-state index is 15.4. The van der Waals surface area contributed by atoms with E-state index in [2.05, 4.69) is 5.32 Å². The van der Waals surface area contributed by atoms with E-state index < -0.39 is 92.7 Å². The highest BCUT2D eigenvalue weighted by Gasteiger charge is 2.64. The summed E-state index contributed by atoms with van der Waals surface area (Å²) in [4.78, 5) is 55.0. The summed E-state index contributed by atoms with van der Waals surface area (Å²) in [5.74, 6) is -9.59. The molecule has 1 aromatic carbocycles. The van der Waals surface area contributed by atoms with E-state index in [1.807, 2.05) is 4.90 Å². The van der Waals surface area contributed by atoms with Crippen molar-refractivity contribution >= 4 is 34.8 Å². The second-order valence-electron chi connectivity index (χ2n) is 11.2. The van der Waals surface area contributed by atoms with Gasteiger partial charge in [0, 0.05) is 23.1 Å². The summed E-state index contributed by atoms with van der Waals surface area (Å²) >= 11 is 0. The van der Waals surface area contributed by atoms with E-state index >= 15 is 4.39 Å². The van der Waals surface area contributed by atoms with Gasteiger partial charge in [0.15, 0.2) is 17.1 Å². The highest BCUT2D eigenvalue weighted by atomic mass is 19.1. The van der Waals surface area contributed by atoms with Crippen LogP contribution in [0.2, 0.25) is 0 Å². The summed E-state index contributed by atoms with van der Waals surface area (Å²) in [6.45, 7) is 0.696. The van der Waals surface area contributed by atoms with Crippen LogP contribution in [0.1, 0.15) is 30.4 Å². The average Bonchev–Trinajstić information content (AvgIpc) is 3.30. The Labute approximate surface area is 228 Å². The predicted octanol–water partition coefficient (Wildman–Crippen LogP) is 0.136. The van der Waals surface area contributed by atoms with E-state index in [4.69, 9.17) is 5.73 Å². The molecule has 40 heavy (non-hydrogen) atoms. The molecule has 1 saturated heterocycles. The smallest absolute Gasteiger partial charge is 0.255 e. The molecule has 1 heterocycles. The van der Waals surface area contributed by atoms with E-state index in [1.165, 1.54) is 19.0 Å². The Balaban J connectivity index is 1.63. The van der Waals surface area contributed by atoms with Crippen LogP contribution in [0.3, 0.4) is 0 Å². The number of carbonyl (C=O) groups is 4. The third-order valence-corrected chi connectivity index (χ3v) is 8.75. The van der Waals surface area contributed by atoms with Gasteiger partial charge < -0.3 is 31.5 Å². The van der Waals surface area contributed by atoms with E-state index in [0.717, 1.165) is 12.5 Å². The van der Waals surface area contributed by atoms with Gasteiger partial charge in [-0.05, 0) is 59.3 Å². The van der Waals surface area contributed by atoms with E-state index in [9.17, 15) is 39.6 Å². The first kappa shape index (κ1) is 27.7. The Morgan fingerprint density at radius 1 is 1.23 bits per heavy atom. The standard InChI is InChI=1S/C27H31FN4O8/c1-31(2)19-12-8-10-7-11-13(28)9-14(30-26(39)15-5-4-6-32(15)3)20(33)17(11)21(34)16(10)23(36)27(12,40)24(37)18(22(19)35)25(29)38/h9-10,12,15,19,33-34,37,40H,4-8H2,1-3H3,(H2,29,38)(H,30,39)/t10-,12-,15+,19-,27-/m0/s1. The Bertz CT molecular complexity index is 1440. The number of Topliss-reactive ketones (excluding diaryl/α,β-unsaturated/α-hetero) is 2. The molecule has 214 valence electrons. The molecule has 5 rings (SSSR count). The molecule has 3 aliphatic carbocycles. The SMILES string of the molecule is CN(C)[C@@H]1C(=O)C(C(N)=O)=C(O)[C@@]2(O)C(=O)C3=C(O)c4c(O)c(NC(=O)[C@H]5CCCN5C)cc(F)c4C[C@H]3C[C@@H]12. The number of rotatable bonds is 4. The first-order chi connectivity index (χ1) is 18.7. The second-order valence-corrected chi connectivity index (χ2v) is 11.2. The quantitative estimate of drug-likeness (QED) is 0.219. The van der Waals surface area contributed by atoms with Gasteiger partial charge in [-0.15, -0.1) is 0 Å². The number of likely N-dealkylation sites (N-methyl/N-ethyl adjacent to an activating group) is 2. The van der Waals surface area contributed by atoms with E-state index in [1.54, 1.807) is 7.05 Å². The number of halogens is 1. The number of carbonyl (C=O) groups excluding carboxylic acids is 4. The van der Waals surface area contributed by atoms with Crippen molar-refractivity contribution in [2.24, 2.45) is 17.6 Å². The molecule has 0 radical (unpaired) electrons. The lowest BCUT2D eigenvalue weighted by Crippen LogP contribution is -2.65. The number of phenols is 1. The van der Waals surface area contributed by atoms with Gasteiger partial charge >= 0.3 is 0 Å². The van der Waals surface area contributed by atoms with E-state index in [0.29, 0.717) is 13.0 Å². The number of amides is 2. The summed E-state index contributed by atoms with van der Waals surface area (Å²) < 4.78 is 15.4. The zero-order chi connectivity index (χ0) is 29.4. The molecule has 0 unspecified atom stereocenters. The summed E-state index contributed by atoms with van der Waals surface area (Å²) in [5, 5.41) is 47.3. The van der Waals surface area contributed by atoms with E-state index in [-0.39, 0.29) is 24.1 Å². The van der Waals surface area contributed by atoms with Crippen LogP contribution in [0.15, 0.2) is 23.0 Å². The van der Waals surface area contributed by atoms with Crippen LogP contribution in [-0.2, 0) is 25.6 Å². The molecule has 1 aromatic rings. The molecular formula is C27H31FN4O8. The number of aliphatic hydroxyl groups is 3. The number of likely N-dealkylation sites (tertiary alicyclic amines) is 1. The first-order valence-electron chi connectivity index (χ1n) is 12.9. The Morgan fingerprint density at radius 3 is 2.48 bits per heavy atom. The van der Waals surface area contributed by atoms with Crippen molar-refractivity contribution in [3.63, 3.8) is 0 Å². The number of nitrogens with one attached hydrogen (secondary N) is 1. The zero-order valence-corrected chi connectivity index (χ0v) is 22.2. The van der Waals surface area contributed by atoms with Crippen LogP contribution in [0, 0.1) is 17.7 Å². The number of aromatic hydroxyl groups is 1. The molecular weight excluding hydrogens is 527 g/mol. The molecule has 2 amide bonds. The fourth-order valence-corrected chi connectivity index (χ4v) is 6.82. The Hall–Kier alpha value is -3.81. The Kier molecular flexibility index (Phi) is 6.51. The van der Waals surface area contributed by atoms with Crippen molar-refractivity contribution < 1.29 is 44.0 Å². The topological polar surface area (TPSA) is 194 Å². The average molecular weight is 559 g/mol. The van der Waals surface area contributed by atoms with Crippen molar-refractivity contribution in [3.05, 3.63) is 39.9 Å². The number of hydrogen-bond donors (Lipinski definition) is 6. The minimum atomic E-state index is -2.79. The summed E-state index contributed by atoms with van der Waals surface area (Å²) in [6.07, 6.45) is 1.02. The van der Waals surface area contributed by atoms with Crippen LogP contribution in [0.25, 0.3) is 5.76 Å². The van der Waals surface area contributed by atoms with Crippen molar-refractivity contribution in [1.29, 1.82) is 0 Å². The van der Waals surface area contributed by atoms with Gasteiger partial charge in [-0.25, -0.2) is 4.39 Å². The molecule has 4 aliphatic rings. The van der Waals surface area contributed by atoms with Crippen molar-refractivity contribution in [2.45, 2.75) is 43.4 Å². The highest BCUT2D eigenvalue weighted by Crippen LogP contribution is 2.53. The van der Waals surface area contributed by atoms with Gasteiger partial charge in [0.25, 0.3) is 5.91 Å². The van der Waals surface area contributed by atoms with Crippen molar-refractivity contribution in [3.8, 4) is 5.75 Å². The van der Waals surface area contributed by atoms with Gasteiger partial charge in [-0.2, -0.15) is 0 Å². The van der Waals surface area contributed by atoms with Crippen LogP contribution in [0.4, 0.5) is 10.1 Å². The lowest BCUT2D eigenvalue weighted by Gasteiger charge is -2.50. The summed E-state index contributed by atoms with van der Waals surface area (Å²) in [7, 11) is 4.75. The van der Waals surface area contributed by atoms with Gasteiger partial charge in [0.1, 0.15) is 22.9 Å². The summed E-state index contributed by atoms with van der Waals surface area (Å²) in [6, 6.07) is -0.781. The fraction of sp³-hybridized carbons (Fsp3) is 0.481. The van der Waals surface area contributed by atoms with Gasteiger partial charge in [0.2, 0.25) is 11.7 Å². The molecule has 5 atom stereocenters. The summed E-state index contributed by atoms with van der Waals surface area (Å²) in [5.41, 5.74) is 0.358. The zero-order valence-electron chi connectivity index (χ0n) is 22.2. The third kappa shape index (κ3) is 3.75. The first-order valence-corrected chi connectivity index (χ1v) is 12.9.